The molecule has 5 heteroatoms. The number of nitrogens with zero attached hydrogens (tertiary/aromatic N) is 1. The molecule has 0 saturated heterocycles. The Balaban J connectivity index is 2.42. The van der Waals surface area contributed by atoms with Crippen molar-refractivity contribution in [3.8, 4) is 0 Å². The fourth-order valence-electron chi connectivity index (χ4n) is 1.14. The number of hydrogen-bond acceptors (Lipinski definition) is 3. The van der Waals surface area contributed by atoms with Crippen molar-refractivity contribution in [2.75, 3.05) is 0 Å². The Morgan fingerprint density at radius 2 is 2.20 bits per heavy atom. The summed E-state index contributed by atoms with van der Waals surface area (Å²) in [5, 5.41) is 0. The highest BCUT2D eigenvalue weighted by Gasteiger charge is 2.14. The summed E-state index contributed by atoms with van der Waals surface area (Å²) in [5.74, 6) is -0.980. The fraction of sp³-hybridized carbons (Fsp3) is 0. The lowest BCUT2D eigenvalue weighted by molar-refractivity contribution is 0.100. The van der Waals surface area contributed by atoms with Gasteiger partial charge in [-0.15, -0.1) is 0 Å². The van der Waals surface area contributed by atoms with Crippen molar-refractivity contribution in [3.63, 3.8) is 0 Å². The number of ketones is 1. The van der Waals surface area contributed by atoms with Gasteiger partial charge in [0.1, 0.15) is 12.1 Å². The number of benzene rings is 1. The minimum absolute atomic E-state index is 0.0486. The Kier molecular flexibility index (Phi) is 2.64. The highest BCUT2D eigenvalue weighted by atomic mass is 79.9. The lowest BCUT2D eigenvalue weighted by atomic mass is 10.1. The molecule has 0 amide bonds. The van der Waals surface area contributed by atoms with Gasteiger partial charge in [0.05, 0.1) is 6.20 Å². The van der Waals surface area contributed by atoms with Crippen molar-refractivity contribution in [1.29, 1.82) is 0 Å². The molecule has 1 heterocycles. The van der Waals surface area contributed by atoms with Crippen molar-refractivity contribution >= 4 is 21.7 Å². The van der Waals surface area contributed by atoms with Crippen LogP contribution in [0.1, 0.15) is 16.2 Å². The lowest BCUT2D eigenvalue weighted by Gasteiger charge is -1.98. The van der Waals surface area contributed by atoms with Crippen LogP contribution in [0.25, 0.3) is 0 Å². The third kappa shape index (κ3) is 2.12. The molecule has 0 fully saturated rings. The van der Waals surface area contributed by atoms with Gasteiger partial charge in [-0.3, -0.25) is 4.79 Å². The van der Waals surface area contributed by atoms with Crippen molar-refractivity contribution in [2.24, 2.45) is 0 Å². The van der Waals surface area contributed by atoms with Gasteiger partial charge in [0.15, 0.2) is 0 Å². The maximum atomic E-state index is 13.0. The predicted molar refractivity (Wildman–Crippen MR) is 54.0 cm³/mol. The number of aromatic nitrogens is 1. The zero-order valence-electron chi connectivity index (χ0n) is 7.41. The standard InChI is InChI=1S/C10H5BrFNO2/c11-7-3-6(4-8(12)5-7)9(14)10-13-1-2-15-10/h1-5H. The largest absolute Gasteiger partial charge is 0.442 e. The molecule has 2 rings (SSSR count). The van der Waals surface area contributed by atoms with E-state index >= 15 is 0 Å². The van der Waals surface area contributed by atoms with Gasteiger partial charge in [0.25, 0.3) is 5.89 Å². The molecule has 0 aliphatic rings. The molecule has 0 bridgehead atoms. The zero-order chi connectivity index (χ0) is 10.8. The van der Waals surface area contributed by atoms with Gasteiger partial charge in [-0.05, 0) is 18.2 Å². The van der Waals surface area contributed by atoms with Crippen molar-refractivity contribution in [3.05, 3.63) is 52.4 Å². The summed E-state index contributed by atoms with van der Waals surface area (Å²) in [6, 6.07) is 3.92. The Morgan fingerprint density at radius 1 is 1.40 bits per heavy atom. The van der Waals surface area contributed by atoms with Crippen molar-refractivity contribution < 1.29 is 13.6 Å². The number of hydrogen-bond donors (Lipinski definition) is 0. The molecular formula is C10H5BrFNO2. The first kappa shape index (κ1) is 10.0. The molecule has 76 valence electrons. The average Bonchev–Trinajstić information content (AvgIpc) is 2.67. The number of oxazole rings is 1. The van der Waals surface area contributed by atoms with Crippen LogP contribution in [0.3, 0.4) is 0 Å². The van der Waals surface area contributed by atoms with Gasteiger partial charge < -0.3 is 4.42 Å². The lowest BCUT2D eigenvalue weighted by Crippen LogP contribution is -2.02. The summed E-state index contributed by atoms with van der Waals surface area (Å²) in [5.41, 5.74) is 0.198. The van der Waals surface area contributed by atoms with Crippen LogP contribution in [0.5, 0.6) is 0 Å². The van der Waals surface area contributed by atoms with Gasteiger partial charge in [0, 0.05) is 10.0 Å². The minimum atomic E-state index is -0.487. The van der Waals surface area contributed by atoms with Crippen LogP contribution in [0.4, 0.5) is 4.39 Å². The quantitative estimate of drug-likeness (QED) is 0.788. The van der Waals surface area contributed by atoms with Gasteiger partial charge in [-0.2, -0.15) is 0 Å². The van der Waals surface area contributed by atoms with E-state index in [2.05, 4.69) is 20.9 Å². The summed E-state index contributed by atoms with van der Waals surface area (Å²) >= 11 is 3.10. The molecule has 1 aromatic carbocycles. The highest BCUT2D eigenvalue weighted by molar-refractivity contribution is 9.10. The smallest absolute Gasteiger partial charge is 0.268 e. The van der Waals surface area contributed by atoms with Crippen LogP contribution in [-0.2, 0) is 0 Å². The van der Waals surface area contributed by atoms with E-state index in [-0.39, 0.29) is 11.5 Å². The Labute approximate surface area is 93.1 Å². The highest BCUT2D eigenvalue weighted by Crippen LogP contribution is 2.17. The van der Waals surface area contributed by atoms with Crippen LogP contribution in [-0.4, -0.2) is 10.8 Å². The van der Waals surface area contributed by atoms with Crippen LogP contribution in [0, 0.1) is 5.82 Å². The van der Waals surface area contributed by atoms with Gasteiger partial charge in [0.2, 0.25) is 5.78 Å². The first-order valence-electron chi connectivity index (χ1n) is 4.07. The molecule has 0 radical (unpaired) electrons. The summed E-state index contributed by atoms with van der Waals surface area (Å²) in [7, 11) is 0. The molecule has 0 saturated carbocycles. The van der Waals surface area contributed by atoms with Crippen LogP contribution < -0.4 is 0 Å². The number of carbonyl (C=O) groups is 1. The van der Waals surface area contributed by atoms with Crippen molar-refractivity contribution in [1.82, 2.24) is 4.98 Å². The summed E-state index contributed by atoms with van der Waals surface area (Å²) in [4.78, 5) is 15.4. The van der Waals surface area contributed by atoms with Gasteiger partial charge in [-0.1, -0.05) is 15.9 Å². The minimum Gasteiger partial charge on any atom is -0.442 e. The average molecular weight is 270 g/mol. The Morgan fingerprint density at radius 3 is 2.80 bits per heavy atom. The molecule has 0 unspecified atom stereocenters. The number of rotatable bonds is 2. The third-order valence-corrected chi connectivity index (χ3v) is 2.21. The Hall–Kier alpha value is -1.49. The van der Waals surface area contributed by atoms with Gasteiger partial charge >= 0.3 is 0 Å². The summed E-state index contributed by atoms with van der Waals surface area (Å²) in [6.45, 7) is 0. The molecule has 0 aliphatic heterocycles. The molecule has 2 aromatic rings. The second kappa shape index (κ2) is 3.94. The molecule has 0 atom stereocenters. The molecule has 0 spiro atoms. The second-order valence-corrected chi connectivity index (χ2v) is 3.74. The van der Waals surface area contributed by atoms with E-state index in [4.69, 9.17) is 4.42 Å². The molecule has 3 nitrogen and oxygen atoms in total. The maximum Gasteiger partial charge on any atom is 0.268 e. The molecule has 0 aliphatic carbocycles. The first-order chi connectivity index (χ1) is 7.16. The SMILES string of the molecule is O=C(c1cc(F)cc(Br)c1)c1ncco1. The van der Waals surface area contributed by atoms with E-state index in [1.54, 1.807) is 0 Å². The second-order valence-electron chi connectivity index (χ2n) is 2.82. The van der Waals surface area contributed by atoms with Gasteiger partial charge in [-0.25, -0.2) is 9.37 Å². The van der Waals surface area contributed by atoms with E-state index in [1.165, 1.54) is 24.6 Å². The summed E-state index contributed by atoms with van der Waals surface area (Å²) in [6.07, 6.45) is 2.66. The zero-order valence-corrected chi connectivity index (χ0v) is 8.99. The van der Waals surface area contributed by atoms with Crippen molar-refractivity contribution in [2.45, 2.75) is 0 Å². The topological polar surface area (TPSA) is 43.1 Å². The molecule has 1 aromatic heterocycles. The number of halogens is 2. The Bertz CT molecular complexity index is 476. The van der Waals surface area contributed by atoms with Crippen LogP contribution in [0.15, 0.2) is 39.5 Å². The molecule has 0 N–H and O–H groups in total. The van der Waals surface area contributed by atoms with Crippen LogP contribution in [0.2, 0.25) is 0 Å². The number of carbonyl (C=O) groups excluding carboxylic acids is 1. The van der Waals surface area contributed by atoms with E-state index < -0.39 is 11.6 Å². The fourth-order valence-corrected chi connectivity index (χ4v) is 1.61. The molecular weight excluding hydrogens is 265 g/mol. The monoisotopic (exact) mass is 269 g/mol. The normalized spacial score (nSPS) is 10.3. The first-order valence-corrected chi connectivity index (χ1v) is 4.86. The summed E-state index contributed by atoms with van der Waals surface area (Å²) < 4.78 is 18.3. The molecule has 15 heavy (non-hydrogen) atoms. The van der Waals surface area contributed by atoms with E-state index in [0.717, 1.165) is 6.07 Å². The van der Waals surface area contributed by atoms with E-state index in [1.807, 2.05) is 0 Å². The van der Waals surface area contributed by atoms with E-state index in [9.17, 15) is 9.18 Å². The van der Waals surface area contributed by atoms with E-state index in [0.29, 0.717) is 4.47 Å². The predicted octanol–water partition coefficient (Wildman–Crippen LogP) is 2.81. The third-order valence-electron chi connectivity index (χ3n) is 1.75. The van der Waals surface area contributed by atoms with Crippen LogP contribution >= 0.6 is 15.9 Å². The maximum absolute atomic E-state index is 13.0.